The van der Waals surface area contributed by atoms with Gasteiger partial charge in [0.25, 0.3) is 11.8 Å². The standard InChI is InChI=1S/C68H108N6O26/c1-55-53-64(70-68(80)66(58(4)78)74-72-60-7-11-62(12-8-60)100-52-50-98-48-46-96-44-42-94-40-38-92-36-34-90-32-30-88-28-26-86-24-22-84-20-18-82-16-14-76)56(2)54-63(55)69-67(79)65(57(3)77)73-71-59-5-9-61(10-6-59)99-51-49-97-47-45-95-43-41-93-39-37-91-35-33-89-31-29-87-27-25-85-23-21-83-19-17-81-15-13-75/h5-12,53-54,65-66,75-76H,13-52H2,1-4H3,(H,69,79)(H,70,80). The summed E-state index contributed by atoms with van der Waals surface area (Å²) in [6.45, 7) is 22.0. The van der Waals surface area contributed by atoms with E-state index in [4.69, 9.17) is 105 Å². The van der Waals surface area contributed by atoms with Gasteiger partial charge in [0, 0.05) is 11.4 Å². The molecule has 0 aromatic heterocycles. The molecule has 3 aromatic carbocycles. The van der Waals surface area contributed by atoms with Crippen LogP contribution in [0, 0.1) is 13.8 Å². The summed E-state index contributed by atoms with van der Waals surface area (Å²) < 4.78 is 110. The summed E-state index contributed by atoms with van der Waals surface area (Å²) in [7, 11) is 0. The van der Waals surface area contributed by atoms with Crippen molar-refractivity contribution in [3.63, 3.8) is 0 Å². The molecule has 3 rings (SSSR count). The second-order valence-electron chi connectivity index (χ2n) is 21.1. The van der Waals surface area contributed by atoms with Gasteiger partial charge in [-0.15, -0.1) is 0 Å². The largest absolute Gasteiger partial charge is 0.491 e. The summed E-state index contributed by atoms with van der Waals surface area (Å²) in [6, 6.07) is 13.6. The number of aliphatic hydroxyl groups is 2. The number of nitrogens with zero attached hydrogens (tertiary/aromatic N) is 4. The molecule has 0 aliphatic carbocycles. The highest BCUT2D eigenvalue weighted by atomic mass is 16.6. The van der Waals surface area contributed by atoms with Gasteiger partial charge in [-0.2, -0.15) is 20.5 Å². The first-order chi connectivity index (χ1) is 49.0. The molecule has 566 valence electrons. The van der Waals surface area contributed by atoms with Crippen molar-refractivity contribution >= 4 is 46.1 Å². The van der Waals surface area contributed by atoms with Gasteiger partial charge in [0.15, 0.2) is 11.6 Å². The summed E-state index contributed by atoms with van der Waals surface area (Å²) >= 11 is 0. The first kappa shape index (κ1) is 88.2. The zero-order valence-electron chi connectivity index (χ0n) is 58.7. The highest BCUT2D eigenvalue weighted by molar-refractivity contribution is 6.11. The normalized spacial score (nSPS) is 12.2. The lowest BCUT2D eigenvalue weighted by atomic mass is 10.1. The SMILES string of the molecule is CC(=O)C(N=Nc1ccc(OCCOCCOCCOCCOCCOCCOCCOCCOCCOCCO)cc1)C(=O)Nc1cc(C)c(NC(=O)C(N=Nc2ccc(OCCOCCOCCOCCOCCOCCOCCOCCOCCOCCO)cc2)C(C)=O)cc1C. The van der Waals surface area contributed by atoms with Gasteiger partial charge in [0.2, 0.25) is 12.1 Å². The van der Waals surface area contributed by atoms with Crippen LogP contribution < -0.4 is 20.1 Å². The quantitative estimate of drug-likeness (QED) is 0.0338. The van der Waals surface area contributed by atoms with Crippen LogP contribution in [0.15, 0.2) is 81.1 Å². The number of hydrogen-bond acceptors (Lipinski definition) is 30. The van der Waals surface area contributed by atoms with Crippen LogP contribution in [0.5, 0.6) is 11.5 Å². The van der Waals surface area contributed by atoms with Crippen LogP contribution in [0.3, 0.4) is 0 Å². The number of aryl methyl sites for hydroxylation is 2. The number of azo groups is 2. The van der Waals surface area contributed by atoms with Gasteiger partial charge < -0.3 is 116 Å². The van der Waals surface area contributed by atoms with Gasteiger partial charge in [-0.3, -0.25) is 19.2 Å². The Kier molecular flexibility index (Phi) is 55.3. The van der Waals surface area contributed by atoms with Crippen LogP contribution in [0.4, 0.5) is 22.7 Å². The minimum absolute atomic E-state index is 0.00270. The molecule has 0 radical (unpaired) electrons. The Morgan fingerprint density at radius 1 is 0.310 bits per heavy atom. The van der Waals surface area contributed by atoms with E-state index >= 15 is 0 Å². The summed E-state index contributed by atoms with van der Waals surface area (Å²) in [5.41, 5.74) is 2.63. The van der Waals surface area contributed by atoms with Crippen molar-refractivity contribution in [2.45, 2.75) is 39.8 Å². The van der Waals surface area contributed by atoms with Crippen LogP contribution in [-0.2, 0) is 104 Å². The van der Waals surface area contributed by atoms with E-state index in [2.05, 4.69) is 31.1 Å². The monoisotopic (exact) mass is 1420 g/mol. The molecule has 4 N–H and O–H groups in total. The molecule has 32 heteroatoms. The lowest BCUT2D eigenvalue weighted by Crippen LogP contribution is -2.32. The highest BCUT2D eigenvalue weighted by Crippen LogP contribution is 2.27. The summed E-state index contributed by atoms with van der Waals surface area (Å²) in [6.07, 6.45) is 0. The molecular formula is C68H108N6O26. The Hall–Kier alpha value is -6.06. The summed E-state index contributed by atoms with van der Waals surface area (Å²) in [5, 5.41) is 39.2. The van der Waals surface area contributed by atoms with Crippen LogP contribution in [-0.4, -0.2) is 310 Å². The molecule has 100 heavy (non-hydrogen) atoms. The molecular weight excluding hydrogens is 1320 g/mol. The van der Waals surface area contributed by atoms with Crippen molar-refractivity contribution in [2.24, 2.45) is 20.5 Å². The molecule has 2 atom stereocenters. The minimum atomic E-state index is -1.45. The number of amides is 2. The van der Waals surface area contributed by atoms with Gasteiger partial charge in [-0.1, -0.05) is 0 Å². The number of aliphatic hydroxyl groups excluding tert-OH is 2. The van der Waals surface area contributed by atoms with Crippen molar-refractivity contribution in [1.82, 2.24) is 0 Å². The third kappa shape index (κ3) is 47.9. The summed E-state index contributed by atoms with van der Waals surface area (Å²) in [4.78, 5) is 52.1. The average molecular weight is 1430 g/mol. The van der Waals surface area contributed by atoms with Gasteiger partial charge in [-0.25, -0.2) is 0 Å². The molecule has 0 bridgehead atoms. The van der Waals surface area contributed by atoms with E-state index in [9.17, 15) is 19.2 Å². The molecule has 0 aliphatic heterocycles. The predicted octanol–water partition coefficient (Wildman–Crippen LogP) is 4.70. The lowest BCUT2D eigenvalue weighted by molar-refractivity contribution is -0.127. The molecule has 0 aliphatic rings. The topological polar surface area (TPSA) is 367 Å². The number of hydrogen-bond donors (Lipinski definition) is 4. The zero-order chi connectivity index (χ0) is 71.8. The van der Waals surface area contributed by atoms with E-state index in [-0.39, 0.29) is 26.4 Å². The van der Waals surface area contributed by atoms with E-state index in [1.165, 1.54) is 13.8 Å². The Morgan fingerprint density at radius 2 is 0.500 bits per heavy atom. The fourth-order valence-electron chi connectivity index (χ4n) is 7.88. The van der Waals surface area contributed by atoms with Gasteiger partial charge in [0.05, 0.1) is 262 Å². The maximum absolute atomic E-state index is 13.4. The summed E-state index contributed by atoms with van der Waals surface area (Å²) in [5.74, 6) is -1.36. The molecule has 32 nitrogen and oxygen atoms in total. The maximum Gasteiger partial charge on any atom is 0.258 e. The second-order valence-corrected chi connectivity index (χ2v) is 21.1. The number of ether oxygens (including phenoxy) is 20. The number of rotatable bonds is 70. The van der Waals surface area contributed by atoms with Crippen molar-refractivity contribution < 1.29 is 124 Å². The van der Waals surface area contributed by atoms with Crippen molar-refractivity contribution in [3.8, 4) is 11.5 Å². The molecule has 0 saturated heterocycles. The zero-order valence-corrected chi connectivity index (χ0v) is 58.7. The number of benzene rings is 3. The number of carbonyl (C=O) groups is 4. The Bertz CT molecular complexity index is 2410. The lowest BCUT2D eigenvalue weighted by Gasteiger charge is -2.16. The van der Waals surface area contributed by atoms with E-state index in [0.29, 0.717) is 283 Å². The van der Waals surface area contributed by atoms with Gasteiger partial charge in [0.1, 0.15) is 24.7 Å². The van der Waals surface area contributed by atoms with E-state index < -0.39 is 35.5 Å². The molecule has 0 fully saturated rings. The number of anilines is 2. The smallest absolute Gasteiger partial charge is 0.258 e. The van der Waals surface area contributed by atoms with E-state index in [1.807, 2.05) is 0 Å². The molecule has 0 saturated carbocycles. The Morgan fingerprint density at radius 3 is 0.690 bits per heavy atom. The number of carbonyl (C=O) groups excluding carboxylic acids is 4. The molecule has 0 heterocycles. The minimum Gasteiger partial charge on any atom is -0.491 e. The second kappa shape index (κ2) is 62.7. The van der Waals surface area contributed by atoms with Crippen molar-refractivity contribution in [2.75, 3.05) is 275 Å². The van der Waals surface area contributed by atoms with Crippen LogP contribution >= 0.6 is 0 Å². The average Bonchev–Trinajstić information content (AvgIpc) is 0.828. The van der Waals surface area contributed by atoms with E-state index in [0.717, 1.165) is 0 Å². The predicted molar refractivity (Wildman–Crippen MR) is 364 cm³/mol. The Balaban J connectivity index is 1.18. The highest BCUT2D eigenvalue weighted by Gasteiger charge is 2.26. The first-order valence-corrected chi connectivity index (χ1v) is 33.6. The van der Waals surface area contributed by atoms with Crippen LogP contribution in [0.25, 0.3) is 0 Å². The molecule has 0 spiro atoms. The van der Waals surface area contributed by atoms with Gasteiger partial charge >= 0.3 is 0 Å². The molecule has 2 unspecified atom stereocenters. The molecule has 3 aromatic rings. The third-order valence-electron chi connectivity index (χ3n) is 13.0. The van der Waals surface area contributed by atoms with Gasteiger partial charge in [-0.05, 0) is 99.5 Å². The van der Waals surface area contributed by atoms with E-state index in [1.54, 1.807) is 74.5 Å². The fourth-order valence-corrected chi connectivity index (χ4v) is 7.88. The first-order valence-electron chi connectivity index (χ1n) is 33.6. The van der Waals surface area contributed by atoms with Crippen LogP contribution in [0.2, 0.25) is 0 Å². The number of nitrogens with one attached hydrogen (secondary N) is 2. The van der Waals surface area contributed by atoms with Crippen molar-refractivity contribution in [3.05, 3.63) is 71.8 Å². The third-order valence-corrected chi connectivity index (χ3v) is 13.0. The maximum atomic E-state index is 13.4. The number of ketones is 2. The number of Topliss-reactive ketones (excluding diaryl/α,β-unsaturated/α-hetero) is 2. The Labute approximate surface area is 586 Å². The molecule has 2 amide bonds. The van der Waals surface area contributed by atoms with Crippen molar-refractivity contribution in [1.29, 1.82) is 0 Å². The fraction of sp³-hybridized carbons (Fsp3) is 0.676. The van der Waals surface area contributed by atoms with Crippen LogP contribution in [0.1, 0.15) is 25.0 Å².